The second kappa shape index (κ2) is 12.5. The average Bonchev–Trinajstić information content (AvgIpc) is 2.49. The highest BCUT2D eigenvalue weighted by Crippen LogP contribution is 2.00. The van der Waals surface area contributed by atoms with Crippen LogP contribution >= 0.6 is 0 Å². The molecule has 0 bridgehead atoms. The second-order valence-electron chi connectivity index (χ2n) is 4.89. The van der Waals surface area contributed by atoms with Crippen molar-refractivity contribution in [3.05, 3.63) is 0 Å². The van der Waals surface area contributed by atoms with E-state index in [0.29, 0.717) is 26.4 Å². The lowest BCUT2D eigenvalue weighted by atomic mass is 10.3. The Bertz CT molecular complexity index is 211. The Balaban J connectivity index is 1.86. The monoisotopic (exact) mass is 290 g/mol. The van der Waals surface area contributed by atoms with E-state index in [0.717, 1.165) is 52.5 Å². The SMILES string of the molecule is COCCOCCOCCN1CCN(CCOC)CC1. The highest BCUT2D eigenvalue weighted by molar-refractivity contribution is 4.71. The van der Waals surface area contributed by atoms with Crippen LogP contribution in [0.4, 0.5) is 0 Å². The molecule has 0 aliphatic carbocycles. The Morgan fingerprint density at radius 1 is 0.600 bits per heavy atom. The summed E-state index contributed by atoms with van der Waals surface area (Å²) in [6.45, 7) is 10.8. The summed E-state index contributed by atoms with van der Waals surface area (Å²) in [7, 11) is 3.43. The van der Waals surface area contributed by atoms with Crippen molar-refractivity contribution in [2.24, 2.45) is 0 Å². The van der Waals surface area contributed by atoms with Crippen LogP contribution in [0.3, 0.4) is 0 Å². The Morgan fingerprint density at radius 3 is 1.60 bits per heavy atom. The van der Waals surface area contributed by atoms with Gasteiger partial charge in [-0.3, -0.25) is 9.80 Å². The maximum absolute atomic E-state index is 5.57. The predicted molar refractivity (Wildman–Crippen MR) is 78.3 cm³/mol. The van der Waals surface area contributed by atoms with Crippen molar-refractivity contribution in [3.8, 4) is 0 Å². The minimum absolute atomic E-state index is 0.642. The van der Waals surface area contributed by atoms with Crippen molar-refractivity contribution in [2.75, 3.05) is 93.1 Å². The van der Waals surface area contributed by atoms with Gasteiger partial charge in [0.05, 0.1) is 39.6 Å². The van der Waals surface area contributed by atoms with Gasteiger partial charge in [0.15, 0.2) is 0 Å². The standard InChI is InChI=1S/C14H30N2O4/c1-17-9-7-15-3-5-16(6-4-15)8-10-19-13-14-20-12-11-18-2/h3-14H2,1-2H3. The summed E-state index contributed by atoms with van der Waals surface area (Å²) in [4.78, 5) is 4.90. The van der Waals surface area contributed by atoms with Gasteiger partial charge in [0.1, 0.15) is 0 Å². The van der Waals surface area contributed by atoms with Gasteiger partial charge >= 0.3 is 0 Å². The summed E-state index contributed by atoms with van der Waals surface area (Å²) in [6.07, 6.45) is 0. The van der Waals surface area contributed by atoms with Crippen LogP contribution in [0.25, 0.3) is 0 Å². The summed E-state index contributed by atoms with van der Waals surface area (Å²) in [5.74, 6) is 0. The third kappa shape index (κ3) is 8.84. The number of hydrogen-bond acceptors (Lipinski definition) is 6. The Kier molecular flexibility index (Phi) is 11.1. The van der Waals surface area contributed by atoms with Gasteiger partial charge in [0.2, 0.25) is 0 Å². The van der Waals surface area contributed by atoms with E-state index in [-0.39, 0.29) is 0 Å². The molecule has 0 N–H and O–H groups in total. The highest BCUT2D eigenvalue weighted by Gasteiger charge is 2.15. The van der Waals surface area contributed by atoms with Crippen molar-refractivity contribution in [3.63, 3.8) is 0 Å². The molecule has 20 heavy (non-hydrogen) atoms. The number of ether oxygens (including phenoxy) is 4. The number of piperazine rings is 1. The van der Waals surface area contributed by atoms with E-state index >= 15 is 0 Å². The normalized spacial score (nSPS) is 17.7. The minimum atomic E-state index is 0.642. The van der Waals surface area contributed by atoms with Crippen molar-refractivity contribution < 1.29 is 18.9 Å². The molecule has 120 valence electrons. The van der Waals surface area contributed by atoms with Crippen LogP contribution in [-0.4, -0.2) is 103 Å². The first-order valence-electron chi connectivity index (χ1n) is 7.45. The van der Waals surface area contributed by atoms with Gasteiger partial charge in [0.25, 0.3) is 0 Å². The van der Waals surface area contributed by atoms with E-state index in [1.54, 1.807) is 14.2 Å². The van der Waals surface area contributed by atoms with Gasteiger partial charge in [-0.1, -0.05) is 0 Å². The van der Waals surface area contributed by atoms with Crippen molar-refractivity contribution >= 4 is 0 Å². The number of hydrogen-bond donors (Lipinski definition) is 0. The number of rotatable bonds is 12. The van der Waals surface area contributed by atoms with Crippen molar-refractivity contribution in [1.82, 2.24) is 9.80 Å². The zero-order valence-corrected chi connectivity index (χ0v) is 13.0. The van der Waals surface area contributed by atoms with Crippen LogP contribution < -0.4 is 0 Å². The lowest BCUT2D eigenvalue weighted by Crippen LogP contribution is -2.48. The Labute approximate surface area is 122 Å². The van der Waals surface area contributed by atoms with Gasteiger partial charge < -0.3 is 18.9 Å². The van der Waals surface area contributed by atoms with E-state index in [2.05, 4.69) is 9.80 Å². The molecule has 0 unspecified atom stereocenters. The fourth-order valence-electron chi connectivity index (χ4n) is 2.11. The molecule has 0 aromatic carbocycles. The molecular weight excluding hydrogens is 260 g/mol. The summed E-state index contributed by atoms with van der Waals surface area (Å²) in [5.41, 5.74) is 0. The maximum atomic E-state index is 5.57. The summed E-state index contributed by atoms with van der Waals surface area (Å²) < 4.78 is 20.9. The van der Waals surface area contributed by atoms with Gasteiger partial charge in [-0.05, 0) is 0 Å². The van der Waals surface area contributed by atoms with E-state index in [9.17, 15) is 0 Å². The van der Waals surface area contributed by atoms with Gasteiger partial charge in [0, 0.05) is 53.5 Å². The molecular formula is C14H30N2O4. The van der Waals surface area contributed by atoms with E-state index < -0.39 is 0 Å². The first-order chi connectivity index (χ1) is 9.86. The maximum Gasteiger partial charge on any atom is 0.0701 e. The Hall–Kier alpha value is -0.240. The molecule has 6 nitrogen and oxygen atoms in total. The summed E-state index contributed by atoms with van der Waals surface area (Å²) in [5, 5.41) is 0. The van der Waals surface area contributed by atoms with Crippen LogP contribution in [0.5, 0.6) is 0 Å². The number of nitrogens with zero attached hydrogens (tertiary/aromatic N) is 2. The van der Waals surface area contributed by atoms with Crippen LogP contribution in [0, 0.1) is 0 Å². The van der Waals surface area contributed by atoms with Crippen molar-refractivity contribution in [1.29, 1.82) is 0 Å². The molecule has 1 aliphatic heterocycles. The molecule has 6 heteroatoms. The van der Waals surface area contributed by atoms with Gasteiger partial charge in [-0.25, -0.2) is 0 Å². The lowest BCUT2D eigenvalue weighted by Gasteiger charge is -2.34. The van der Waals surface area contributed by atoms with E-state index in [1.165, 1.54) is 0 Å². The number of methoxy groups -OCH3 is 2. The molecule has 1 fully saturated rings. The molecule has 0 aromatic heterocycles. The topological polar surface area (TPSA) is 43.4 Å². The minimum Gasteiger partial charge on any atom is -0.383 e. The average molecular weight is 290 g/mol. The smallest absolute Gasteiger partial charge is 0.0701 e. The summed E-state index contributed by atoms with van der Waals surface area (Å²) >= 11 is 0. The zero-order valence-electron chi connectivity index (χ0n) is 13.0. The molecule has 1 saturated heterocycles. The molecule has 0 spiro atoms. The summed E-state index contributed by atoms with van der Waals surface area (Å²) in [6, 6.07) is 0. The zero-order chi connectivity index (χ0) is 14.5. The quantitative estimate of drug-likeness (QED) is 0.469. The molecule has 0 aromatic rings. The third-order valence-electron chi connectivity index (χ3n) is 3.43. The van der Waals surface area contributed by atoms with Crippen LogP contribution in [0.15, 0.2) is 0 Å². The fourth-order valence-corrected chi connectivity index (χ4v) is 2.11. The third-order valence-corrected chi connectivity index (χ3v) is 3.43. The molecule has 1 rings (SSSR count). The van der Waals surface area contributed by atoms with Crippen LogP contribution in [-0.2, 0) is 18.9 Å². The van der Waals surface area contributed by atoms with Crippen LogP contribution in [0.2, 0.25) is 0 Å². The first-order valence-corrected chi connectivity index (χ1v) is 7.45. The highest BCUT2D eigenvalue weighted by atomic mass is 16.5. The molecule has 0 radical (unpaired) electrons. The largest absolute Gasteiger partial charge is 0.383 e. The first kappa shape index (κ1) is 17.8. The van der Waals surface area contributed by atoms with E-state index in [4.69, 9.17) is 18.9 Å². The molecule has 0 saturated carbocycles. The second-order valence-corrected chi connectivity index (χ2v) is 4.89. The Morgan fingerprint density at radius 2 is 1.05 bits per heavy atom. The van der Waals surface area contributed by atoms with E-state index in [1.807, 2.05) is 0 Å². The van der Waals surface area contributed by atoms with Crippen molar-refractivity contribution in [2.45, 2.75) is 0 Å². The van der Waals surface area contributed by atoms with Gasteiger partial charge in [-0.2, -0.15) is 0 Å². The molecule has 1 aliphatic rings. The lowest BCUT2D eigenvalue weighted by molar-refractivity contribution is 0.0149. The fraction of sp³-hybridized carbons (Fsp3) is 1.00. The van der Waals surface area contributed by atoms with Gasteiger partial charge in [-0.15, -0.1) is 0 Å². The molecule has 0 atom stereocenters. The van der Waals surface area contributed by atoms with Crippen LogP contribution in [0.1, 0.15) is 0 Å². The molecule has 1 heterocycles. The molecule has 0 amide bonds. The predicted octanol–water partition coefficient (Wildman–Crippen LogP) is -0.0700.